The minimum Gasteiger partial charge on any atom is -0.340 e. The Labute approximate surface area is 221 Å². The van der Waals surface area contributed by atoms with Crippen molar-refractivity contribution in [2.24, 2.45) is 17.6 Å². The van der Waals surface area contributed by atoms with Gasteiger partial charge in [-0.15, -0.1) is 0 Å². The van der Waals surface area contributed by atoms with Crippen LogP contribution in [0.4, 0.5) is 0 Å². The van der Waals surface area contributed by atoms with E-state index < -0.39 is 18.1 Å². The van der Waals surface area contributed by atoms with Crippen LogP contribution < -0.4 is 11.1 Å². The number of fused-ring (bicyclic) bond motifs is 1. The van der Waals surface area contributed by atoms with E-state index >= 15 is 0 Å². The molecule has 8 heteroatoms. The Morgan fingerprint density at radius 2 is 1.57 bits per heavy atom. The van der Waals surface area contributed by atoms with Crippen LogP contribution in [0.1, 0.15) is 83.7 Å². The van der Waals surface area contributed by atoms with Crippen molar-refractivity contribution in [2.75, 3.05) is 13.1 Å². The number of hydrogen-bond donors (Lipinski definition) is 2. The van der Waals surface area contributed by atoms with Crippen LogP contribution in [0.25, 0.3) is 0 Å². The number of carbonyl (C=O) groups is 4. The number of hydrogen-bond acceptors (Lipinski definition) is 5. The minimum atomic E-state index is -0.755. The number of nitrogens with zero attached hydrogens (tertiary/aromatic N) is 2. The van der Waals surface area contributed by atoms with Crippen LogP contribution in [0, 0.1) is 11.8 Å². The molecule has 204 valence electrons. The summed E-state index contributed by atoms with van der Waals surface area (Å²) >= 11 is 0. The summed E-state index contributed by atoms with van der Waals surface area (Å²) in [5, 5.41) is 2.93. The highest BCUT2D eigenvalue weighted by molar-refractivity contribution is 6.01. The predicted octanol–water partition coefficient (Wildman–Crippen LogP) is 2.88. The molecule has 2 aliphatic rings. The van der Waals surface area contributed by atoms with Crippen LogP contribution >= 0.6 is 0 Å². The monoisotopic (exact) mass is 512 g/mol. The first-order chi connectivity index (χ1) is 17.2. The number of likely N-dealkylation sites (tertiary alicyclic amines) is 2. The molecule has 2 aliphatic heterocycles. The second-order valence-corrected chi connectivity index (χ2v) is 12.5. The van der Waals surface area contributed by atoms with E-state index in [1.165, 1.54) is 0 Å². The highest BCUT2D eigenvalue weighted by Crippen LogP contribution is 2.31. The van der Waals surface area contributed by atoms with E-state index in [0.717, 1.165) is 5.56 Å². The molecule has 1 aromatic rings. The summed E-state index contributed by atoms with van der Waals surface area (Å²) in [7, 11) is 0. The van der Waals surface area contributed by atoms with Crippen LogP contribution in [-0.4, -0.2) is 70.6 Å². The molecule has 3 amide bonds. The molecule has 0 aromatic heterocycles. The summed E-state index contributed by atoms with van der Waals surface area (Å²) in [6, 6.07) is 4.98. The lowest BCUT2D eigenvalue weighted by Gasteiger charge is -2.29. The lowest BCUT2D eigenvalue weighted by Crippen LogP contribution is -2.53. The van der Waals surface area contributed by atoms with Crippen molar-refractivity contribution >= 4 is 23.5 Å². The summed E-state index contributed by atoms with van der Waals surface area (Å²) in [6.07, 6.45) is 1.52. The fourth-order valence-electron chi connectivity index (χ4n) is 5.44. The van der Waals surface area contributed by atoms with Gasteiger partial charge >= 0.3 is 0 Å². The van der Waals surface area contributed by atoms with Gasteiger partial charge in [0.15, 0.2) is 5.78 Å². The van der Waals surface area contributed by atoms with Crippen LogP contribution in [0.2, 0.25) is 0 Å². The standard InChI is InChI=1S/C29H44N4O4/c1-17(2)14-21(30)27(36)33-16-24(34)25-23(33)12-13-32(25)28(37)22(15-18(3)4)31-26(35)19-8-10-20(11-9-19)29(5,6)7/h8-11,17-18,21-23,25H,12-16,30H2,1-7H3,(H,31,35)/t21-,22-,23?,25?/m0/s1. The Kier molecular flexibility index (Phi) is 8.83. The first-order valence-electron chi connectivity index (χ1n) is 13.5. The van der Waals surface area contributed by atoms with Crippen LogP contribution in [-0.2, 0) is 19.8 Å². The maximum absolute atomic E-state index is 13.7. The largest absolute Gasteiger partial charge is 0.340 e. The van der Waals surface area contributed by atoms with Crippen molar-refractivity contribution in [3.8, 4) is 0 Å². The average Bonchev–Trinajstić information content (AvgIpc) is 3.37. The molecular formula is C29H44N4O4. The Morgan fingerprint density at radius 3 is 2.11 bits per heavy atom. The predicted molar refractivity (Wildman–Crippen MR) is 144 cm³/mol. The lowest BCUT2D eigenvalue weighted by atomic mass is 9.86. The van der Waals surface area contributed by atoms with Gasteiger partial charge in [-0.3, -0.25) is 19.2 Å². The van der Waals surface area contributed by atoms with Gasteiger partial charge in [0.05, 0.1) is 18.6 Å². The van der Waals surface area contributed by atoms with E-state index in [1.807, 2.05) is 39.8 Å². The van der Waals surface area contributed by atoms with Crippen molar-refractivity contribution < 1.29 is 19.2 Å². The molecule has 0 spiro atoms. The number of Topliss-reactive ketones (excluding diaryl/α,β-unsaturated/α-hetero) is 1. The summed E-state index contributed by atoms with van der Waals surface area (Å²) in [5.74, 6) is -0.538. The Morgan fingerprint density at radius 1 is 0.973 bits per heavy atom. The van der Waals surface area contributed by atoms with Crippen LogP contribution in [0.5, 0.6) is 0 Å². The fraction of sp³-hybridized carbons (Fsp3) is 0.655. The number of ketones is 1. The third-order valence-corrected chi connectivity index (χ3v) is 7.35. The molecule has 0 radical (unpaired) electrons. The van der Waals surface area contributed by atoms with E-state index in [4.69, 9.17) is 5.73 Å². The molecule has 3 N–H and O–H groups in total. The normalized spacial score (nSPS) is 21.4. The highest BCUT2D eigenvalue weighted by atomic mass is 16.2. The van der Waals surface area contributed by atoms with Gasteiger partial charge in [-0.1, -0.05) is 60.6 Å². The molecule has 2 heterocycles. The number of nitrogens with two attached hydrogens (primary N) is 1. The first-order valence-corrected chi connectivity index (χ1v) is 13.5. The van der Waals surface area contributed by atoms with E-state index in [9.17, 15) is 19.2 Å². The molecule has 4 atom stereocenters. The van der Waals surface area contributed by atoms with Gasteiger partial charge in [0.25, 0.3) is 5.91 Å². The molecule has 37 heavy (non-hydrogen) atoms. The Balaban J connectivity index is 1.75. The summed E-state index contributed by atoms with van der Waals surface area (Å²) < 4.78 is 0. The number of rotatable bonds is 8. The second kappa shape index (κ2) is 11.3. The first kappa shape index (κ1) is 28.8. The molecule has 2 unspecified atom stereocenters. The Bertz CT molecular complexity index is 1010. The van der Waals surface area contributed by atoms with E-state index in [2.05, 4.69) is 26.1 Å². The van der Waals surface area contributed by atoms with Crippen LogP contribution in [0.15, 0.2) is 24.3 Å². The molecule has 0 saturated carbocycles. The number of benzene rings is 1. The molecule has 2 fully saturated rings. The van der Waals surface area contributed by atoms with Crippen LogP contribution in [0.3, 0.4) is 0 Å². The highest BCUT2D eigenvalue weighted by Gasteiger charge is 2.52. The van der Waals surface area contributed by atoms with Gasteiger partial charge < -0.3 is 20.9 Å². The van der Waals surface area contributed by atoms with E-state index in [0.29, 0.717) is 31.4 Å². The minimum absolute atomic E-state index is 0.0227. The third kappa shape index (κ3) is 6.58. The molecular weight excluding hydrogens is 468 g/mol. The van der Waals surface area contributed by atoms with Crippen molar-refractivity contribution in [1.29, 1.82) is 0 Å². The van der Waals surface area contributed by atoms with Gasteiger partial charge in [0, 0.05) is 12.1 Å². The molecule has 0 aliphatic carbocycles. The summed E-state index contributed by atoms with van der Waals surface area (Å²) in [5.41, 5.74) is 7.71. The number of amides is 3. The zero-order valence-corrected chi connectivity index (χ0v) is 23.4. The zero-order chi connectivity index (χ0) is 27.7. The lowest BCUT2D eigenvalue weighted by molar-refractivity contribution is -0.138. The number of nitrogens with one attached hydrogen (secondary N) is 1. The van der Waals surface area contributed by atoms with Gasteiger partial charge in [-0.05, 0) is 54.2 Å². The zero-order valence-electron chi connectivity index (χ0n) is 23.4. The van der Waals surface area contributed by atoms with Crippen molar-refractivity contribution in [2.45, 2.75) is 97.3 Å². The maximum atomic E-state index is 13.7. The van der Waals surface area contributed by atoms with Gasteiger partial charge in [-0.2, -0.15) is 0 Å². The fourth-order valence-corrected chi connectivity index (χ4v) is 5.44. The SMILES string of the molecule is CC(C)C[C@H](NC(=O)c1ccc(C(C)(C)C)cc1)C(=O)N1CCC2C1C(=O)CN2C(=O)[C@@H](N)CC(C)C. The molecule has 1 aromatic carbocycles. The quantitative estimate of drug-likeness (QED) is 0.556. The Hall–Kier alpha value is -2.74. The second-order valence-electron chi connectivity index (χ2n) is 12.5. The van der Waals surface area contributed by atoms with Crippen molar-refractivity contribution in [3.05, 3.63) is 35.4 Å². The molecule has 3 rings (SSSR count). The topological polar surface area (TPSA) is 113 Å². The summed E-state index contributed by atoms with van der Waals surface area (Å²) in [4.78, 5) is 56.0. The molecule has 2 saturated heterocycles. The van der Waals surface area contributed by atoms with E-state index in [1.54, 1.807) is 21.9 Å². The molecule has 0 bridgehead atoms. The van der Waals surface area contributed by atoms with Gasteiger partial charge in [0.1, 0.15) is 12.1 Å². The van der Waals surface area contributed by atoms with Gasteiger partial charge in [0.2, 0.25) is 11.8 Å². The number of carbonyl (C=O) groups excluding carboxylic acids is 4. The van der Waals surface area contributed by atoms with E-state index in [-0.39, 0.29) is 53.3 Å². The average molecular weight is 513 g/mol. The van der Waals surface area contributed by atoms with Gasteiger partial charge in [-0.25, -0.2) is 0 Å². The maximum Gasteiger partial charge on any atom is 0.251 e. The summed E-state index contributed by atoms with van der Waals surface area (Å²) in [6.45, 7) is 14.7. The smallest absolute Gasteiger partial charge is 0.251 e. The molecule has 8 nitrogen and oxygen atoms in total. The van der Waals surface area contributed by atoms with Crippen molar-refractivity contribution in [3.63, 3.8) is 0 Å². The van der Waals surface area contributed by atoms with Crippen molar-refractivity contribution in [1.82, 2.24) is 15.1 Å². The third-order valence-electron chi connectivity index (χ3n) is 7.35.